The summed E-state index contributed by atoms with van der Waals surface area (Å²) in [5, 5.41) is 7.34. The zero-order valence-electron chi connectivity index (χ0n) is 13.0. The van der Waals surface area contributed by atoms with Gasteiger partial charge in [0.15, 0.2) is 0 Å². The molecule has 1 aromatic carbocycles. The SMILES string of the molecule is O=c1c(Cl)c(NCc2ccncc2)cnn1-c1nc2ccccc2[nH]1. The quantitative estimate of drug-likeness (QED) is 0.589. The van der Waals surface area contributed by atoms with Crippen LogP contribution in [0.2, 0.25) is 5.02 Å². The van der Waals surface area contributed by atoms with E-state index in [0.29, 0.717) is 18.2 Å². The summed E-state index contributed by atoms with van der Waals surface area (Å²) in [5.41, 5.74) is 2.62. The highest BCUT2D eigenvalue weighted by molar-refractivity contribution is 6.32. The van der Waals surface area contributed by atoms with Gasteiger partial charge in [0, 0.05) is 18.9 Å². The Balaban J connectivity index is 1.65. The lowest BCUT2D eigenvalue weighted by Gasteiger charge is -2.09. The minimum absolute atomic E-state index is 0.0597. The van der Waals surface area contributed by atoms with Gasteiger partial charge in [-0.05, 0) is 29.8 Å². The van der Waals surface area contributed by atoms with Crippen molar-refractivity contribution in [3.8, 4) is 5.95 Å². The predicted octanol–water partition coefficient (Wildman–Crippen LogP) is 2.77. The number of fused-ring (bicyclic) bond motifs is 1. The van der Waals surface area contributed by atoms with Gasteiger partial charge in [-0.3, -0.25) is 9.78 Å². The number of pyridine rings is 1. The number of anilines is 1. The molecule has 0 aliphatic heterocycles. The van der Waals surface area contributed by atoms with Gasteiger partial charge < -0.3 is 10.3 Å². The first-order valence-electron chi connectivity index (χ1n) is 7.58. The summed E-state index contributed by atoms with van der Waals surface area (Å²) >= 11 is 6.22. The number of benzene rings is 1. The van der Waals surface area contributed by atoms with Crippen LogP contribution in [-0.4, -0.2) is 24.7 Å². The van der Waals surface area contributed by atoms with Crippen LogP contribution in [0.3, 0.4) is 0 Å². The third-order valence-corrected chi connectivity index (χ3v) is 4.09. The maximum absolute atomic E-state index is 12.5. The number of nitrogens with one attached hydrogen (secondary N) is 2. The Kier molecular flexibility index (Phi) is 3.91. The number of hydrogen-bond donors (Lipinski definition) is 2. The average molecular weight is 353 g/mol. The molecule has 0 spiro atoms. The largest absolute Gasteiger partial charge is 0.378 e. The Hall–Kier alpha value is -3.19. The molecule has 0 fully saturated rings. The summed E-state index contributed by atoms with van der Waals surface area (Å²) in [6.07, 6.45) is 4.92. The lowest BCUT2D eigenvalue weighted by Crippen LogP contribution is -2.23. The second kappa shape index (κ2) is 6.37. The van der Waals surface area contributed by atoms with Crippen molar-refractivity contribution < 1.29 is 0 Å². The fourth-order valence-electron chi connectivity index (χ4n) is 2.44. The van der Waals surface area contributed by atoms with Crippen LogP contribution in [0.1, 0.15) is 5.56 Å². The first-order chi connectivity index (χ1) is 12.2. The van der Waals surface area contributed by atoms with Gasteiger partial charge >= 0.3 is 0 Å². The Bertz CT molecular complexity index is 1060. The molecule has 7 nitrogen and oxygen atoms in total. The number of hydrogen-bond acceptors (Lipinski definition) is 5. The van der Waals surface area contributed by atoms with Crippen LogP contribution in [0.5, 0.6) is 0 Å². The van der Waals surface area contributed by atoms with E-state index in [0.717, 1.165) is 21.3 Å². The molecule has 0 aliphatic carbocycles. The van der Waals surface area contributed by atoms with Gasteiger partial charge in [-0.25, -0.2) is 4.98 Å². The lowest BCUT2D eigenvalue weighted by molar-refractivity contribution is 0.767. The van der Waals surface area contributed by atoms with Crippen LogP contribution >= 0.6 is 11.6 Å². The summed E-state index contributed by atoms with van der Waals surface area (Å²) in [7, 11) is 0. The van der Waals surface area contributed by atoms with E-state index in [1.807, 2.05) is 36.4 Å². The molecule has 124 valence electrons. The molecule has 4 aromatic rings. The maximum atomic E-state index is 12.5. The molecule has 0 bridgehead atoms. The van der Waals surface area contributed by atoms with Gasteiger partial charge in [0.1, 0.15) is 5.02 Å². The number of halogens is 1. The second-order valence-corrected chi connectivity index (χ2v) is 5.75. The monoisotopic (exact) mass is 352 g/mol. The van der Waals surface area contributed by atoms with E-state index in [4.69, 9.17) is 11.6 Å². The van der Waals surface area contributed by atoms with Gasteiger partial charge in [0.05, 0.1) is 22.9 Å². The first kappa shape index (κ1) is 15.3. The zero-order valence-corrected chi connectivity index (χ0v) is 13.7. The van der Waals surface area contributed by atoms with Crippen molar-refractivity contribution in [3.63, 3.8) is 0 Å². The molecule has 0 aliphatic rings. The van der Waals surface area contributed by atoms with Crippen LogP contribution < -0.4 is 10.9 Å². The maximum Gasteiger partial charge on any atom is 0.295 e. The number of para-hydroxylation sites is 2. The van der Waals surface area contributed by atoms with E-state index in [9.17, 15) is 4.79 Å². The molecular formula is C17H13ClN6O. The highest BCUT2D eigenvalue weighted by Gasteiger charge is 2.13. The Labute approximate surface area is 147 Å². The van der Waals surface area contributed by atoms with E-state index in [1.54, 1.807) is 12.4 Å². The van der Waals surface area contributed by atoms with Gasteiger partial charge in [0.25, 0.3) is 5.56 Å². The van der Waals surface area contributed by atoms with E-state index in [-0.39, 0.29) is 5.02 Å². The summed E-state index contributed by atoms with van der Waals surface area (Å²) in [5.74, 6) is 0.328. The molecule has 3 heterocycles. The lowest BCUT2D eigenvalue weighted by atomic mass is 10.2. The van der Waals surface area contributed by atoms with Crippen molar-refractivity contribution >= 4 is 28.3 Å². The summed E-state index contributed by atoms with van der Waals surface area (Å²) < 4.78 is 1.15. The molecule has 4 rings (SSSR count). The molecule has 0 radical (unpaired) electrons. The topological polar surface area (TPSA) is 88.5 Å². The third-order valence-electron chi connectivity index (χ3n) is 3.73. The molecule has 0 atom stereocenters. The van der Waals surface area contributed by atoms with E-state index >= 15 is 0 Å². The molecule has 0 saturated carbocycles. The van der Waals surface area contributed by atoms with Gasteiger partial charge in [-0.1, -0.05) is 23.7 Å². The number of aromatic amines is 1. The second-order valence-electron chi connectivity index (χ2n) is 5.38. The molecular weight excluding hydrogens is 340 g/mol. The summed E-state index contributed by atoms with van der Waals surface area (Å²) in [6, 6.07) is 11.3. The fourth-order valence-corrected chi connectivity index (χ4v) is 2.64. The van der Waals surface area contributed by atoms with Crippen molar-refractivity contribution in [2.45, 2.75) is 6.54 Å². The number of H-pyrrole nitrogens is 1. The molecule has 0 saturated heterocycles. The predicted molar refractivity (Wildman–Crippen MR) is 96.1 cm³/mol. The van der Waals surface area contributed by atoms with E-state index < -0.39 is 5.56 Å². The van der Waals surface area contributed by atoms with Crippen LogP contribution in [-0.2, 0) is 6.54 Å². The fraction of sp³-hybridized carbons (Fsp3) is 0.0588. The zero-order chi connectivity index (χ0) is 17.2. The van der Waals surface area contributed by atoms with E-state index in [2.05, 4.69) is 25.4 Å². The van der Waals surface area contributed by atoms with Crippen molar-refractivity contribution in [2.24, 2.45) is 0 Å². The summed E-state index contributed by atoms with van der Waals surface area (Å²) in [4.78, 5) is 23.9. The van der Waals surface area contributed by atoms with Crippen LogP contribution in [0, 0.1) is 0 Å². The van der Waals surface area contributed by atoms with Crippen LogP contribution in [0.25, 0.3) is 17.0 Å². The molecule has 25 heavy (non-hydrogen) atoms. The minimum atomic E-state index is -0.444. The summed E-state index contributed by atoms with van der Waals surface area (Å²) in [6.45, 7) is 0.512. The smallest absolute Gasteiger partial charge is 0.295 e. The highest BCUT2D eigenvalue weighted by atomic mass is 35.5. The van der Waals surface area contributed by atoms with E-state index in [1.165, 1.54) is 6.20 Å². The standard InChI is InChI=1S/C17H13ClN6O/c18-15-14(20-9-11-5-7-19-8-6-11)10-21-24(16(15)25)17-22-12-3-1-2-4-13(12)23-17/h1-8,10,20H,9H2,(H,22,23). The highest BCUT2D eigenvalue weighted by Crippen LogP contribution is 2.18. The van der Waals surface area contributed by atoms with Gasteiger partial charge in [-0.15, -0.1) is 0 Å². The first-order valence-corrected chi connectivity index (χ1v) is 7.96. The molecule has 8 heteroatoms. The molecule has 0 amide bonds. The van der Waals surface area contributed by atoms with Crippen molar-refractivity contribution in [1.82, 2.24) is 24.7 Å². The van der Waals surface area contributed by atoms with Crippen LogP contribution in [0.4, 0.5) is 5.69 Å². The van der Waals surface area contributed by atoms with Crippen LogP contribution in [0.15, 0.2) is 59.8 Å². The van der Waals surface area contributed by atoms with Gasteiger partial charge in [-0.2, -0.15) is 9.78 Å². The molecule has 3 aromatic heterocycles. The Morgan fingerprint density at radius 2 is 1.96 bits per heavy atom. The van der Waals surface area contributed by atoms with Gasteiger partial charge in [0.2, 0.25) is 5.95 Å². The third kappa shape index (κ3) is 2.97. The minimum Gasteiger partial charge on any atom is -0.378 e. The van der Waals surface area contributed by atoms with Crippen molar-refractivity contribution in [2.75, 3.05) is 5.32 Å². The number of aromatic nitrogens is 5. The van der Waals surface area contributed by atoms with Crippen molar-refractivity contribution in [3.05, 3.63) is 75.9 Å². The Morgan fingerprint density at radius 1 is 1.16 bits per heavy atom. The Morgan fingerprint density at radius 3 is 2.76 bits per heavy atom. The number of imidazole rings is 1. The van der Waals surface area contributed by atoms with Crippen molar-refractivity contribution in [1.29, 1.82) is 0 Å². The normalized spacial score (nSPS) is 10.9. The molecule has 2 N–H and O–H groups in total. The molecule has 0 unspecified atom stereocenters. The average Bonchev–Trinajstić information content (AvgIpc) is 3.07. The number of nitrogens with zero attached hydrogens (tertiary/aromatic N) is 4. The number of rotatable bonds is 4.